The van der Waals surface area contributed by atoms with Crippen molar-refractivity contribution < 1.29 is 18.8 Å². The van der Waals surface area contributed by atoms with Crippen LogP contribution in [-0.2, 0) is 9.59 Å². The fraction of sp³-hybridized carbons (Fsp3) is 0.0909. The van der Waals surface area contributed by atoms with E-state index in [0.29, 0.717) is 11.3 Å². The van der Waals surface area contributed by atoms with Crippen LogP contribution in [0.3, 0.4) is 0 Å². The second-order valence-electron chi connectivity index (χ2n) is 6.83. The molecule has 0 aliphatic carbocycles. The van der Waals surface area contributed by atoms with Gasteiger partial charge in [-0.3, -0.25) is 19.3 Å². The summed E-state index contributed by atoms with van der Waals surface area (Å²) in [5.74, 6) is -1.06. The van der Waals surface area contributed by atoms with Crippen molar-refractivity contribution in [1.29, 1.82) is 0 Å². The number of nitrogens with one attached hydrogen (secondary N) is 1. The number of hydrogen-bond donors (Lipinski definition) is 1. The summed E-state index contributed by atoms with van der Waals surface area (Å²) in [6.07, 6.45) is 1.61. The van der Waals surface area contributed by atoms with Crippen molar-refractivity contribution in [3.8, 4) is 0 Å². The zero-order valence-corrected chi connectivity index (χ0v) is 18.6. The van der Waals surface area contributed by atoms with Gasteiger partial charge in [-0.2, -0.15) is 0 Å². The van der Waals surface area contributed by atoms with Crippen molar-refractivity contribution in [2.45, 2.75) is 6.92 Å². The number of carbonyl (C=O) groups is 3. The SMILES string of the molecule is Cc1cc(=O)oc2cc(NC(=O)CN3C(=O)S/C(=C\c4ccc(Br)cc4)C3=O)ccc12. The molecule has 1 saturated heterocycles. The summed E-state index contributed by atoms with van der Waals surface area (Å²) in [5, 5.41) is 2.87. The van der Waals surface area contributed by atoms with E-state index in [1.165, 1.54) is 12.1 Å². The van der Waals surface area contributed by atoms with Crippen molar-refractivity contribution in [2.75, 3.05) is 11.9 Å². The summed E-state index contributed by atoms with van der Waals surface area (Å²) in [6.45, 7) is 1.37. The van der Waals surface area contributed by atoms with E-state index in [1.54, 1.807) is 25.1 Å². The normalized spacial score (nSPS) is 15.2. The molecule has 1 aromatic heterocycles. The maximum Gasteiger partial charge on any atom is 0.336 e. The van der Waals surface area contributed by atoms with Crippen LogP contribution < -0.4 is 10.9 Å². The molecule has 0 radical (unpaired) electrons. The number of rotatable bonds is 4. The molecule has 1 N–H and O–H groups in total. The average Bonchev–Trinajstić information content (AvgIpc) is 2.96. The lowest BCUT2D eigenvalue weighted by atomic mass is 10.1. The minimum absolute atomic E-state index is 0.253. The predicted octanol–water partition coefficient (Wildman–Crippen LogP) is 4.54. The summed E-state index contributed by atoms with van der Waals surface area (Å²) in [5.41, 5.74) is 1.78. The van der Waals surface area contributed by atoms with Gasteiger partial charge in [0.05, 0.1) is 4.91 Å². The van der Waals surface area contributed by atoms with Gasteiger partial charge in [-0.25, -0.2) is 4.79 Å². The van der Waals surface area contributed by atoms with E-state index >= 15 is 0 Å². The number of benzene rings is 2. The van der Waals surface area contributed by atoms with Crippen molar-refractivity contribution in [3.05, 3.63) is 79.5 Å². The Balaban J connectivity index is 1.47. The van der Waals surface area contributed by atoms with Crippen LogP contribution in [0.15, 0.2) is 67.1 Å². The molecule has 0 saturated carbocycles. The van der Waals surface area contributed by atoms with Crippen molar-refractivity contribution in [3.63, 3.8) is 0 Å². The van der Waals surface area contributed by atoms with Crippen LogP contribution in [-0.4, -0.2) is 28.5 Å². The molecule has 1 aliphatic rings. The Hall–Kier alpha value is -3.17. The van der Waals surface area contributed by atoms with Crippen LogP contribution in [0.1, 0.15) is 11.1 Å². The maximum absolute atomic E-state index is 12.6. The first kappa shape index (κ1) is 21.1. The summed E-state index contributed by atoms with van der Waals surface area (Å²) >= 11 is 4.13. The Labute approximate surface area is 189 Å². The second-order valence-corrected chi connectivity index (χ2v) is 8.74. The highest BCUT2D eigenvalue weighted by Gasteiger charge is 2.36. The quantitative estimate of drug-likeness (QED) is 0.418. The summed E-state index contributed by atoms with van der Waals surface area (Å²) in [4.78, 5) is 50.0. The van der Waals surface area contributed by atoms with Gasteiger partial charge in [0.15, 0.2) is 0 Å². The van der Waals surface area contributed by atoms with Gasteiger partial charge in [-0.05, 0) is 60.2 Å². The molecule has 156 valence electrons. The van der Waals surface area contributed by atoms with E-state index in [9.17, 15) is 19.2 Å². The topological polar surface area (TPSA) is 96.7 Å². The van der Waals surface area contributed by atoms with Crippen LogP contribution in [0.2, 0.25) is 0 Å². The third kappa shape index (κ3) is 4.62. The van der Waals surface area contributed by atoms with Crippen LogP contribution in [0.25, 0.3) is 17.0 Å². The summed E-state index contributed by atoms with van der Waals surface area (Å²) in [6, 6.07) is 13.6. The highest BCUT2D eigenvalue weighted by molar-refractivity contribution is 9.10. The Kier molecular flexibility index (Phi) is 5.79. The smallest absolute Gasteiger partial charge is 0.336 e. The fourth-order valence-electron chi connectivity index (χ4n) is 3.09. The van der Waals surface area contributed by atoms with Crippen LogP contribution >= 0.6 is 27.7 Å². The Morgan fingerprint density at radius 1 is 1.13 bits per heavy atom. The van der Waals surface area contributed by atoms with Crippen molar-refractivity contribution in [2.24, 2.45) is 0 Å². The van der Waals surface area contributed by atoms with Crippen LogP contribution in [0, 0.1) is 6.92 Å². The zero-order chi connectivity index (χ0) is 22.1. The monoisotopic (exact) mass is 498 g/mol. The van der Waals surface area contributed by atoms with Gasteiger partial charge < -0.3 is 9.73 Å². The first-order valence-electron chi connectivity index (χ1n) is 9.15. The number of imide groups is 1. The molecular formula is C22H15BrN2O5S. The number of hydrogen-bond acceptors (Lipinski definition) is 6. The molecule has 7 nitrogen and oxygen atoms in total. The van der Waals surface area contributed by atoms with E-state index in [1.807, 2.05) is 24.3 Å². The minimum atomic E-state index is -0.540. The molecule has 4 rings (SSSR count). The van der Waals surface area contributed by atoms with Crippen molar-refractivity contribution in [1.82, 2.24) is 4.90 Å². The van der Waals surface area contributed by atoms with Crippen LogP contribution in [0.5, 0.6) is 0 Å². The molecule has 2 aromatic carbocycles. The lowest BCUT2D eigenvalue weighted by Crippen LogP contribution is -2.36. The van der Waals surface area contributed by atoms with Gasteiger partial charge >= 0.3 is 5.63 Å². The largest absolute Gasteiger partial charge is 0.423 e. The number of amides is 3. The number of aryl methyl sites for hydroxylation is 1. The van der Waals surface area contributed by atoms with E-state index in [-0.39, 0.29) is 4.91 Å². The number of nitrogens with zero attached hydrogens (tertiary/aromatic N) is 1. The number of halogens is 1. The molecular weight excluding hydrogens is 484 g/mol. The van der Waals surface area contributed by atoms with Gasteiger partial charge in [0.25, 0.3) is 11.1 Å². The third-order valence-electron chi connectivity index (χ3n) is 4.58. The van der Waals surface area contributed by atoms with Gasteiger partial charge in [0.2, 0.25) is 5.91 Å². The van der Waals surface area contributed by atoms with Crippen molar-refractivity contribution >= 4 is 67.5 Å². The molecule has 0 unspecified atom stereocenters. The third-order valence-corrected chi connectivity index (χ3v) is 6.01. The van der Waals surface area contributed by atoms with Gasteiger partial charge in [0, 0.05) is 27.7 Å². The van der Waals surface area contributed by atoms with E-state index in [0.717, 1.165) is 37.6 Å². The number of fused-ring (bicyclic) bond motifs is 1. The average molecular weight is 499 g/mol. The molecule has 9 heteroatoms. The molecule has 3 amide bonds. The van der Waals surface area contributed by atoms with Gasteiger partial charge in [0.1, 0.15) is 12.1 Å². The van der Waals surface area contributed by atoms with E-state index in [2.05, 4.69) is 21.2 Å². The lowest BCUT2D eigenvalue weighted by Gasteiger charge is -2.12. The molecule has 31 heavy (non-hydrogen) atoms. The highest BCUT2D eigenvalue weighted by atomic mass is 79.9. The summed E-state index contributed by atoms with van der Waals surface area (Å²) in [7, 11) is 0. The van der Waals surface area contributed by atoms with E-state index in [4.69, 9.17) is 4.42 Å². The van der Waals surface area contributed by atoms with Gasteiger partial charge in [-0.15, -0.1) is 0 Å². The molecule has 2 heterocycles. The Bertz CT molecular complexity index is 1310. The summed E-state index contributed by atoms with van der Waals surface area (Å²) < 4.78 is 6.07. The zero-order valence-electron chi connectivity index (χ0n) is 16.2. The fourth-order valence-corrected chi connectivity index (χ4v) is 4.20. The Morgan fingerprint density at radius 2 is 1.87 bits per heavy atom. The number of carbonyl (C=O) groups excluding carboxylic acids is 3. The molecule has 3 aromatic rings. The maximum atomic E-state index is 12.6. The number of thioether (sulfide) groups is 1. The number of anilines is 1. The van der Waals surface area contributed by atoms with E-state index < -0.39 is 29.2 Å². The highest BCUT2D eigenvalue weighted by Crippen LogP contribution is 2.32. The molecule has 0 spiro atoms. The first-order chi connectivity index (χ1) is 14.8. The standard InChI is InChI=1S/C22H15BrN2O5S/c1-12-8-20(27)30-17-10-15(6-7-16(12)17)24-19(26)11-25-21(28)18(31-22(25)29)9-13-2-4-14(23)5-3-13/h2-10H,11H2,1H3,(H,24,26)/b18-9-. The molecule has 1 aliphatic heterocycles. The molecule has 0 atom stereocenters. The second kappa shape index (κ2) is 8.52. The minimum Gasteiger partial charge on any atom is -0.423 e. The lowest BCUT2D eigenvalue weighted by molar-refractivity contribution is -0.127. The first-order valence-corrected chi connectivity index (χ1v) is 10.8. The molecule has 0 bridgehead atoms. The van der Waals surface area contributed by atoms with Crippen LogP contribution in [0.4, 0.5) is 10.5 Å². The van der Waals surface area contributed by atoms with Gasteiger partial charge in [-0.1, -0.05) is 28.1 Å². The predicted molar refractivity (Wildman–Crippen MR) is 123 cm³/mol. The molecule has 1 fully saturated rings. The Morgan fingerprint density at radius 3 is 2.61 bits per heavy atom.